The Morgan fingerprint density at radius 2 is 0.973 bits per heavy atom. The monoisotopic (exact) mass is 1020 g/mol. The van der Waals surface area contributed by atoms with Crippen molar-refractivity contribution in [1.29, 1.82) is 0 Å². The zero-order valence-corrected chi connectivity index (χ0v) is 42.1. The lowest BCUT2D eigenvalue weighted by atomic mass is 9.91. The predicted molar refractivity (Wildman–Crippen MR) is 274 cm³/mol. The molecule has 1 aliphatic heterocycles. The van der Waals surface area contributed by atoms with E-state index >= 15 is 0 Å². The average molecular weight is 1020 g/mol. The summed E-state index contributed by atoms with van der Waals surface area (Å²) in [4.78, 5) is 49.4. The number of methoxy groups -OCH3 is 3. The summed E-state index contributed by atoms with van der Waals surface area (Å²) in [7, 11) is 4.46. The topological polar surface area (TPSA) is 274 Å². The van der Waals surface area contributed by atoms with Crippen molar-refractivity contribution in [3.63, 3.8) is 0 Å². The van der Waals surface area contributed by atoms with Gasteiger partial charge < -0.3 is 68.9 Å². The third-order valence-corrected chi connectivity index (χ3v) is 11.0. The maximum Gasteiger partial charge on any atom is 0.321 e. The fourth-order valence-electron chi connectivity index (χ4n) is 6.30. The molecule has 1 aliphatic rings. The molecule has 7 N–H and O–H groups in total. The van der Waals surface area contributed by atoms with Crippen molar-refractivity contribution in [2.45, 2.75) is 46.7 Å². The molecule has 4 aromatic carbocycles. The van der Waals surface area contributed by atoms with Crippen molar-refractivity contribution in [3.05, 3.63) is 154 Å². The van der Waals surface area contributed by atoms with Gasteiger partial charge in [-0.15, -0.1) is 0 Å². The molecule has 18 nitrogen and oxygen atoms in total. The van der Waals surface area contributed by atoms with Crippen molar-refractivity contribution in [3.8, 4) is 34.5 Å². The van der Waals surface area contributed by atoms with Crippen LogP contribution in [-0.4, -0.2) is 113 Å². The molecule has 0 unspecified atom stereocenters. The molecular formula is C56H62O18. The van der Waals surface area contributed by atoms with E-state index < -0.39 is 59.9 Å². The second-order valence-corrected chi connectivity index (χ2v) is 17.6. The number of phenolic OH excluding ortho intramolecular Hbond substituents is 1. The Morgan fingerprint density at radius 1 is 0.568 bits per heavy atom. The van der Waals surface area contributed by atoms with E-state index in [1.54, 1.807) is 87.5 Å². The third kappa shape index (κ3) is 17.2. The predicted octanol–water partition coefficient (Wildman–Crippen LogP) is 7.16. The van der Waals surface area contributed by atoms with Crippen molar-refractivity contribution in [2.75, 3.05) is 47.8 Å². The first-order chi connectivity index (χ1) is 35.1. The molecule has 1 fully saturated rings. The number of carbonyl (C=O) groups is 4. The Balaban J connectivity index is 0.000000321. The number of phenols is 1. The minimum Gasteiger partial charge on any atom is -0.508 e. The van der Waals surface area contributed by atoms with E-state index in [9.17, 15) is 54.9 Å². The second-order valence-electron chi connectivity index (χ2n) is 17.6. The Labute approximate surface area is 428 Å². The highest BCUT2D eigenvalue weighted by molar-refractivity contribution is 6.03. The second kappa shape index (κ2) is 27.3. The minimum absolute atomic E-state index is 0.0129. The number of ether oxygens (including phenoxy) is 7. The largest absolute Gasteiger partial charge is 0.508 e. The Bertz CT molecular complexity index is 2800. The summed E-state index contributed by atoms with van der Waals surface area (Å²) in [6.45, 7) is 4.81. The van der Waals surface area contributed by atoms with Crippen LogP contribution >= 0.6 is 0 Å². The van der Waals surface area contributed by atoms with Gasteiger partial charge in [0.25, 0.3) is 0 Å². The molecule has 4 aromatic rings. The van der Waals surface area contributed by atoms with Gasteiger partial charge in [-0.25, -0.2) is 0 Å². The highest BCUT2D eigenvalue weighted by atomic mass is 16.7. The van der Waals surface area contributed by atoms with E-state index in [2.05, 4.69) is 0 Å². The number of esters is 2. The van der Waals surface area contributed by atoms with Gasteiger partial charge in [0, 0.05) is 23.3 Å². The van der Waals surface area contributed by atoms with Crippen LogP contribution in [0.15, 0.2) is 121 Å². The molecule has 0 radical (unpaired) electrons. The molecule has 18 heteroatoms. The number of carbonyl (C=O) groups excluding carboxylic acids is 4. The number of rotatable bonds is 21. The first-order valence-electron chi connectivity index (χ1n) is 22.8. The highest BCUT2D eigenvalue weighted by Gasteiger charge is 2.44. The smallest absolute Gasteiger partial charge is 0.321 e. The summed E-state index contributed by atoms with van der Waals surface area (Å²) >= 11 is 0. The number of aromatic hydroxyl groups is 1. The van der Waals surface area contributed by atoms with Crippen molar-refractivity contribution >= 4 is 47.8 Å². The number of ketones is 2. The lowest BCUT2D eigenvalue weighted by molar-refractivity contribution is -0.279. The first-order valence-corrected chi connectivity index (χ1v) is 22.8. The molecule has 0 saturated carbocycles. The quantitative estimate of drug-likeness (QED) is 0.0143. The van der Waals surface area contributed by atoms with Gasteiger partial charge in [0.2, 0.25) is 0 Å². The minimum atomic E-state index is -1.48. The van der Waals surface area contributed by atoms with Gasteiger partial charge in [-0.3, -0.25) is 19.2 Å². The van der Waals surface area contributed by atoms with E-state index in [1.165, 1.54) is 82.9 Å². The normalized spacial score (nSPS) is 14.7. The molecular weight excluding hydrogens is 961 g/mol. The first kappa shape index (κ1) is 58.7. The van der Waals surface area contributed by atoms with E-state index in [0.717, 1.165) is 12.2 Å². The molecule has 5 rings (SSSR count). The number of aliphatic hydroxyl groups excluding tert-OH is 6. The van der Waals surface area contributed by atoms with Gasteiger partial charge in [0.1, 0.15) is 33.8 Å². The van der Waals surface area contributed by atoms with Crippen LogP contribution in [0.4, 0.5) is 0 Å². The molecule has 1 saturated heterocycles. The number of aliphatic hydroxyl groups is 6. The van der Waals surface area contributed by atoms with Gasteiger partial charge in [-0.2, -0.15) is 0 Å². The molecule has 0 aliphatic carbocycles. The van der Waals surface area contributed by atoms with Gasteiger partial charge in [-0.05, 0) is 123 Å². The summed E-state index contributed by atoms with van der Waals surface area (Å²) in [6, 6.07) is 19.1. The summed E-state index contributed by atoms with van der Waals surface area (Å²) in [5, 5.41) is 68.0. The van der Waals surface area contributed by atoms with Crippen LogP contribution in [0.2, 0.25) is 0 Å². The Morgan fingerprint density at radius 3 is 1.42 bits per heavy atom. The molecule has 0 amide bonds. The van der Waals surface area contributed by atoms with Gasteiger partial charge in [0.05, 0.1) is 61.0 Å². The summed E-state index contributed by atoms with van der Waals surface area (Å²) in [5.74, 6) is -2.00. The Kier molecular flexibility index (Phi) is 21.6. The maximum atomic E-state index is 12.8. The Hall–Kier alpha value is -7.84. The van der Waals surface area contributed by atoms with Crippen LogP contribution in [0.5, 0.6) is 34.5 Å². The zero-order valence-electron chi connectivity index (χ0n) is 42.1. The summed E-state index contributed by atoms with van der Waals surface area (Å²) < 4.78 is 37.4. The number of hydrogen-bond acceptors (Lipinski definition) is 18. The van der Waals surface area contributed by atoms with Crippen LogP contribution < -0.4 is 23.7 Å². The fraction of sp³-hybridized carbons (Fsp3) is 0.286. The van der Waals surface area contributed by atoms with E-state index in [1.807, 2.05) is 0 Å². The van der Waals surface area contributed by atoms with E-state index in [-0.39, 0.29) is 59.9 Å². The third-order valence-electron chi connectivity index (χ3n) is 11.0. The van der Waals surface area contributed by atoms with Crippen molar-refractivity contribution in [1.82, 2.24) is 0 Å². The molecule has 1 heterocycles. The van der Waals surface area contributed by atoms with Crippen molar-refractivity contribution < 1.29 is 88.1 Å². The molecule has 0 spiro atoms. The van der Waals surface area contributed by atoms with Crippen LogP contribution in [0.25, 0.3) is 24.3 Å². The van der Waals surface area contributed by atoms with Crippen LogP contribution in [0, 0.1) is 10.8 Å². The lowest BCUT2D eigenvalue weighted by Gasteiger charge is -2.39. The standard InChI is InChI=1S/C29H32O9.C27H30O9/c1-28(2)36-17-29(3,18-37-28)27(34)38-25-12-8-19(13-21(25)16-30)5-9-22(31)15-23(32)10-6-20-7-11-24(33)26(14-20)35-4;1-27(16-29,17-30)26(33)36-23-10-6-18(12-20(23)15-28)4-8-21(31)14-22(32)9-5-19-7-11-24(34-2)25(13-19)35-3/h5-15,30-31,33H,16-18H2,1-4H3;4-14,28-31H,15-17H2,1-3H3/b9-5+,10-6+,22-15?;8-4+,9-5+,21-14?. The highest BCUT2D eigenvalue weighted by Crippen LogP contribution is 2.33. The lowest BCUT2D eigenvalue weighted by Crippen LogP contribution is -2.50. The summed E-state index contributed by atoms with van der Waals surface area (Å²) in [5.41, 5.74) is 0.671. The van der Waals surface area contributed by atoms with E-state index in [0.29, 0.717) is 39.3 Å². The van der Waals surface area contributed by atoms with Gasteiger partial charge in [0.15, 0.2) is 40.4 Å². The van der Waals surface area contributed by atoms with Crippen LogP contribution in [0.1, 0.15) is 61.1 Å². The average Bonchev–Trinajstić information content (AvgIpc) is 3.39. The molecule has 394 valence electrons. The van der Waals surface area contributed by atoms with Crippen molar-refractivity contribution in [2.24, 2.45) is 10.8 Å². The van der Waals surface area contributed by atoms with Gasteiger partial charge in [-0.1, -0.05) is 48.6 Å². The maximum absolute atomic E-state index is 12.8. The number of benzene rings is 4. The number of hydrogen-bond donors (Lipinski definition) is 7. The van der Waals surface area contributed by atoms with Gasteiger partial charge >= 0.3 is 11.9 Å². The zero-order chi connectivity index (χ0) is 54.6. The number of allylic oxidation sites excluding steroid dienone is 6. The molecule has 0 aromatic heterocycles. The van der Waals surface area contributed by atoms with Crippen LogP contribution in [0.3, 0.4) is 0 Å². The molecule has 0 atom stereocenters. The SMILES string of the molecule is COc1cc(/C=C/C(=O)C=C(O)/C=C/c2ccc(OC(=O)C3(C)COC(C)(C)OC3)c(CO)c2)ccc1O.COc1ccc(/C=C/C(=O)C=C(O)/C=C/c2ccc(OC(=O)C(C)(CO)CO)c(CO)c2)cc1OC. The molecule has 0 bridgehead atoms. The van der Waals surface area contributed by atoms with Crippen LogP contribution in [-0.2, 0) is 41.9 Å². The molecule has 74 heavy (non-hydrogen) atoms. The van der Waals surface area contributed by atoms with E-state index in [4.69, 9.17) is 33.2 Å². The fourth-order valence-corrected chi connectivity index (χ4v) is 6.30. The summed E-state index contributed by atoms with van der Waals surface area (Å²) in [6.07, 6.45) is 13.4.